The van der Waals surface area contributed by atoms with E-state index in [4.69, 9.17) is 9.47 Å². The van der Waals surface area contributed by atoms with Crippen LogP contribution in [0, 0.1) is 23.7 Å². The molecule has 4 aliphatic rings. The third-order valence-corrected chi connectivity index (χ3v) is 8.95. The highest BCUT2D eigenvalue weighted by Gasteiger charge is 2.78. The zero-order valence-corrected chi connectivity index (χ0v) is 20.8. The number of fused-ring (bicyclic) bond motifs is 2. The lowest BCUT2D eigenvalue weighted by Crippen LogP contribution is -2.61. The number of aliphatic hydroxyl groups is 1. The molecule has 3 aliphatic heterocycles. The van der Waals surface area contributed by atoms with Crippen LogP contribution in [-0.2, 0) is 30.3 Å². The molecule has 35 heavy (non-hydrogen) atoms. The number of benzene rings is 1. The highest BCUT2D eigenvalue weighted by molar-refractivity contribution is 5.93. The molecule has 1 amide bonds. The van der Waals surface area contributed by atoms with Crippen LogP contribution in [0.1, 0.15) is 52.5 Å². The van der Waals surface area contributed by atoms with E-state index in [9.17, 15) is 19.5 Å². The quantitative estimate of drug-likeness (QED) is 0.382. The number of amides is 1. The van der Waals surface area contributed by atoms with Crippen LogP contribution >= 0.6 is 0 Å². The molecule has 2 N–H and O–H groups in total. The van der Waals surface area contributed by atoms with E-state index >= 15 is 0 Å². The summed E-state index contributed by atoms with van der Waals surface area (Å²) in [5, 5.41) is 14.0. The summed E-state index contributed by atoms with van der Waals surface area (Å²) >= 11 is 0. The van der Waals surface area contributed by atoms with Crippen molar-refractivity contribution in [3.05, 3.63) is 48.0 Å². The second-order valence-corrected chi connectivity index (χ2v) is 11.3. The van der Waals surface area contributed by atoms with E-state index < -0.39 is 34.6 Å². The predicted molar refractivity (Wildman–Crippen MR) is 128 cm³/mol. The van der Waals surface area contributed by atoms with Crippen molar-refractivity contribution >= 4 is 17.7 Å². The van der Waals surface area contributed by atoms with Gasteiger partial charge in [-0.15, -0.1) is 0 Å². The Morgan fingerprint density at radius 3 is 2.54 bits per heavy atom. The summed E-state index contributed by atoms with van der Waals surface area (Å²) < 4.78 is 12.4. The van der Waals surface area contributed by atoms with Crippen LogP contribution in [0.15, 0.2) is 42.5 Å². The molecule has 188 valence electrons. The number of esters is 1. The molecule has 0 bridgehead atoms. The van der Waals surface area contributed by atoms with Crippen LogP contribution in [0.25, 0.3) is 0 Å². The van der Waals surface area contributed by atoms with E-state index in [0.29, 0.717) is 6.42 Å². The molecule has 1 spiro atoms. The summed E-state index contributed by atoms with van der Waals surface area (Å²) in [5.74, 6) is -2.42. The Morgan fingerprint density at radius 1 is 1.11 bits per heavy atom. The molecule has 1 aliphatic carbocycles. The summed E-state index contributed by atoms with van der Waals surface area (Å²) in [5.41, 5.74) is -2.29. The fourth-order valence-electron chi connectivity index (χ4n) is 6.78. The maximum Gasteiger partial charge on any atom is 0.306 e. The Labute approximate surface area is 206 Å². The summed E-state index contributed by atoms with van der Waals surface area (Å²) in [7, 11) is 0. The van der Waals surface area contributed by atoms with E-state index in [1.807, 2.05) is 36.4 Å². The van der Waals surface area contributed by atoms with Crippen molar-refractivity contribution in [3.63, 3.8) is 0 Å². The number of carbonyl (C=O) groups excluding carboxylic acids is 3. The first-order chi connectivity index (χ1) is 16.5. The van der Waals surface area contributed by atoms with Gasteiger partial charge in [0.1, 0.15) is 5.60 Å². The van der Waals surface area contributed by atoms with Crippen molar-refractivity contribution in [1.82, 2.24) is 5.32 Å². The molecular formula is C28H35NO6. The van der Waals surface area contributed by atoms with Gasteiger partial charge in [0.15, 0.2) is 5.78 Å². The molecular weight excluding hydrogens is 446 g/mol. The smallest absolute Gasteiger partial charge is 0.306 e. The predicted octanol–water partition coefficient (Wildman–Crippen LogP) is 2.75. The summed E-state index contributed by atoms with van der Waals surface area (Å²) in [6.07, 6.45) is 4.29. The minimum Gasteiger partial charge on any atom is -0.448 e. The number of nitrogens with one attached hydrogen (secondary N) is 1. The molecule has 7 heteroatoms. The maximum absolute atomic E-state index is 13.8. The topological polar surface area (TPSA) is 105 Å². The summed E-state index contributed by atoms with van der Waals surface area (Å²) in [6.45, 7) is 7.37. The molecule has 1 aromatic rings. The fourth-order valence-corrected chi connectivity index (χ4v) is 6.78. The maximum atomic E-state index is 13.8. The van der Waals surface area contributed by atoms with Gasteiger partial charge in [0, 0.05) is 30.7 Å². The van der Waals surface area contributed by atoms with Crippen LogP contribution in [0.4, 0.5) is 0 Å². The Bertz CT molecular complexity index is 1070. The number of ketones is 1. The number of epoxide rings is 1. The lowest BCUT2D eigenvalue weighted by molar-refractivity contribution is -0.182. The summed E-state index contributed by atoms with van der Waals surface area (Å²) in [4.78, 5) is 39.7. The van der Waals surface area contributed by atoms with Crippen LogP contribution in [-0.4, -0.2) is 51.7 Å². The van der Waals surface area contributed by atoms with Crippen LogP contribution < -0.4 is 5.32 Å². The Morgan fingerprint density at radius 2 is 1.83 bits per heavy atom. The van der Waals surface area contributed by atoms with Gasteiger partial charge >= 0.3 is 5.97 Å². The van der Waals surface area contributed by atoms with Gasteiger partial charge in [-0.25, -0.2) is 0 Å². The van der Waals surface area contributed by atoms with Crippen molar-refractivity contribution in [1.29, 1.82) is 0 Å². The summed E-state index contributed by atoms with van der Waals surface area (Å²) in [6, 6.07) is 9.76. The number of rotatable bonds is 2. The van der Waals surface area contributed by atoms with E-state index in [1.165, 1.54) is 6.92 Å². The highest BCUT2D eigenvalue weighted by Crippen LogP contribution is 2.63. The van der Waals surface area contributed by atoms with Gasteiger partial charge in [-0.05, 0) is 38.2 Å². The average Bonchev–Trinajstić information content (AvgIpc) is 3.43. The fraction of sp³-hybridized carbons (Fsp3) is 0.607. The van der Waals surface area contributed by atoms with E-state index in [1.54, 1.807) is 13.0 Å². The lowest BCUT2D eigenvalue weighted by atomic mass is 9.59. The van der Waals surface area contributed by atoms with Gasteiger partial charge < -0.3 is 19.9 Å². The van der Waals surface area contributed by atoms with Crippen LogP contribution in [0.5, 0.6) is 0 Å². The van der Waals surface area contributed by atoms with Crippen molar-refractivity contribution in [2.24, 2.45) is 23.7 Å². The van der Waals surface area contributed by atoms with E-state index in [2.05, 4.69) is 19.2 Å². The van der Waals surface area contributed by atoms with Gasteiger partial charge in [-0.2, -0.15) is 0 Å². The molecule has 1 saturated carbocycles. The number of hydrogen-bond acceptors (Lipinski definition) is 6. The molecule has 0 unspecified atom stereocenters. The van der Waals surface area contributed by atoms with Crippen LogP contribution in [0.2, 0.25) is 0 Å². The zero-order chi connectivity index (χ0) is 25.2. The molecule has 3 heterocycles. The monoisotopic (exact) mass is 481 g/mol. The first-order valence-corrected chi connectivity index (χ1v) is 12.7. The minimum atomic E-state index is -1.55. The number of carbonyl (C=O) groups is 3. The molecule has 1 aromatic carbocycles. The van der Waals surface area contributed by atoms with Crippen LogP contribution in [0.3, 0.4) is 0 Å². The van der Waals surface area contributed by atoms with E-state index in [0.717, 1.165) is 5.56 Å². The van der Waals surface area contributed by atoms with E-state index in [-0.39, 0.29) is 54.9 Å². The molecule has 3 fully saturated rings. The van der Waals surface area contributed by atoms with Crippen molar-refractivity contribution in [2.45, 2.75) is 82.3 Å². The Balaban J connectivity index is 1.58. The molecule has 0 aromatic heterocycles. The lowest BCUT2D eigenvalue weighted by Gasteiger charge is -2.46. The molecule has 9 atom stereocenters. The van der Waals surface area contributed by atoms with Gasteiger partial charge in [-0.1, -0.05) is 56.3 Å². The van der Waals surface area contributed by atoms with Gasteiger partial charge in [-0.3, -0.25) is 14.4 Å². The standard InChI is InChI=1S/C28H35NO6/c1-16-12-13-21(30)34-28-19(11-8-14-26(3,33)23(16)31)24-27(4,35-24)17(2)22(28)20(29-25(28)32)15-18-9-6-5-7-10-18/h5-11,16-17,19-20,22,24,33H,12-15H2,1-4H3,(H,29,32)/t16-,17-,19+,20+,22+,24-,26+,27+,28-/m0/s1. The Kier molecular flexibility index (Phi) is 5.72. The number of hydrogen-bond donors (Lipinski definition) is 2. The van der Waals surface area contributed by atoms with Crippen molar-refractivity contribution < 1.29 is 29.0 Å². The van der Waals surface area contributed by atoms with Gasteiger partial charge in [0.05, 0.1) is 17.6 Å². The minimum absolute atomic E-state index is 0.00168. The number of ether oxygens (including phenoxy) is 2. The van der Waals surface area contributed by atoms with Crippen molar-refractivity contribution in [2.75, 3.05) is 0 Å². The second kappa shape index (κ2) is 8.27. The largest absolute Gasteiger partial charge is 0.448 e. The normalized spacial score (nSPS) is 45.2. The molecule has 2 saturated heterocycles. The first-order valence-electron chi connectivity index (χ1n) is 12.7. The first kappa shape index (κ1) is 24.2. The molecule has 0 radical (unpaired) electrons. The number of Topliss-reactive ketones (excluding diaryl/α,β-unsaturated/α-hetero) is 1. The van der Waals surface area contributed by atoms with Gasteiger partial charge in [0.2, 0.25) is 5.60 Å². The highest BCUT2D eigenvalue weighted by atomic mass is 16.6. The van der Waals surface area contributed by atoms with Gasteiger partial charge in [0.25, 0.3) is 5.91 Å². The molecule has 5 rings (SSSR count). The average molecular weight is 482 g/mol. The Hall–Kier alpha value is -2.51. The molecule has 7 nitrogen and oxygen atoms in total. The SMILES string of the molecule is C[C@H]1CCC(=O)O[C@]23C(=O)N[C@H](Cc4ccccc4)[C@H]2[C@H](C)[C@@]2(C)O[C@H]2[C@H]3C=CC[C@@](C)(O)C1=O. The second-order valence-electron chi connectivity index (χ2n) is 11.3. The zero-order valence-electron chi connectivity index (χ0n) is 20.8. The third kappa shape index (κ3) is 3.75. The third-order valence-electron chi connectivity index (χ3n) is 8.95. The van der Waals surface area contributed by atoms with Crippen molar-refractivity contribution in [3.8, 4) is 0 Å².